The molecule has 2 aromatic carbocycles. The Hall–Kier alpha value is -2.64. The van der Waals surface area contributed by atoms with Crippen LogP contribution in [0.4, 0.5) is 11.4 Å². The predicted molar refractivity (Wildman–Crippen MR) is 133 cm³/mol. The van der Waals surface area contributed by atoms with Crippen molar-refractivity contribution in [2.24, 2.45) is 0 Å². The van der Waals surface area contributed by atoms with Crippen molar-refractivity contribution in [2.45, 2.75) is 45.3 Å². The van der Waals surface area contributed by atoms with Crippen molar-refractivity contribution in [1.29, 1.82) is 0 Å². The Morgan fingerprint density at radius 1 is 1.12 bits per heavy atom. The summed E-state index contributed by atoms with van der Waals surface area (Å²) in [5, 5.41) is 7.07. The summed E-state index contributed by atoms with van der Waals surface area (Å²) >= 11 is 5.47. The Labute approximate surface area is 195 Å². The lowest BCUT2D eigenvalue weighted by atomic mass is 10.1. The Morgan fingerprint density at radius 3 is 2.53 bits per heavy atom. The number of nitrogens with zero attached hydrogens (tertiary/aromatic N) is 2. The summed E-state index contributed by atoms with van der Waals surface area (Å²) < 4.78 is 6.12. The summed E-state index contributed by atoms with van der Waals surface area (Å²) in [6.45, 7) is 5.65. The number of hydrogen-bond acceptors (Lipinski definition) is 4. The van der Waals surface area contributed by atoms with Crippen molar-refractivity contribution >= 4 is 34.6 Å². The summed E-state index contributed by atoms with van der Waals surface area (Å²) in [6.07, 6.45) is 4.03. The van der Waals surface area contributed by atoms with Crippen molar-refractivity contribution in [3.05, 3.63) is 53.6 Å². The Balaban J connectivity index is 1.25. The van der Waals surface area contributed by atoms with Gasteiger partial charge in [0.2, 0.25) is 5.91 Å². The number of rotatable bonds is 6. The highest BCUT2D eigenvalue weighted by atomic mass is 32.1. The van der Waals surface area contributed by atoms with Crippen LogP contribution < -0.4 is 20.3 Å². The van der Waals surface area contributed by atoms with Crippen LogP contribution in [-0.4, -0.2) is 48.7 Å². The third-order valence-corrected chi connectivity index (χ3v) is 6.41. The van der Waals surface area contributed by atoms with Crippen molar-refractivity contribution in [3.63, 3.8) is 0 Å². The monoisotopic (exact) mass is 452 g/mol. The van der Waals surface area contributed by atoms with E-state index in [1.165, 1.54) is 0 Å². The molecule has 0 unspecified atom stereocenters. The molecule has 0 radical (unpaired) electrons. The van der Waals surface area contributed by atoms with Gasteiger partial charge < -0.3 is 25.2 Å². The van der Waals surface area contributed by atoms with E-state index in [9.17, 15) is 4.79 Å². The molecule has 2 heterocycles. The Morgan fingerprint density at radius 2 is 1.88 bits per heavy atom. The van der Waals surface area contributed by atoms with Crippen LogP contribution in [0.5, 0.6) is 5.75 Å². The number of ether oxygens (including phenoxy) is 1. The van der Waals surface area contributed by atoms with E-state index in [1.54, 1.807) is 0 Å². The Kier molecular flexibility index (Phi) is 7.27. The van der Waals surface area contributed by atoms with Crippen LogP contribution in [0.25, 0.3) is 0 Å². The summed E-state index contributed by atoms with van der Waals surface area (Å²) in [5.74, 6) is 1.13. The average molecular weight is 453 g/mol. The van der Waals surface area contributed by atoms with Gasteiger partial charge in [-0.3, -0.25) is 4.79 Å². The van der Waals surface area contributed by atoms with Crippen molar-refractivity contribution in [2.75, 3.05) is 36.9 Å². The second kappa shape index (κ2) is 10.3. The first-order valence-electron chi connectivity index (χ1n) is 11.4. The van der Waals surface area contributed by atoms with Crippen molar-refractivity contribution in [3.8, 4) is 5.75 Å². The number of piperidine rings is 1. The SMILES string of the molecule is Cc1cc(NC(=S)NCc2ccc(OC3CCN(C)CC3)cc2)ccc1N1CCCC1=O. The van der Waals surface area contributed by atoms with E-state index in [2.05, 4.69) is 34.7 Å². The number of aryl methyl sites for hydroxylation is 1. The van der Waals surface area contributed by atoms with Gasteiger partial charge in [-0.15, -0.1) is 0 Å². The van der Waals surface area contributed by atoms with Gasteiger partial charge in [0.05, 0.1) is 0 Å². The van der Waals surface area contributed by atoms with Gasteiger partial charge in [-0.05, 0) is 86.9 Å². The first-order valence-corrected chi connectivity index (χ1v) is 11.8. The van der Waals surface area contributed by atoms with E-state index < -0.39 is 0 Å². The molecule has 2 aliphatic rings. The van der Waals surface area contributed by atoms with E-state index in [1.807, 2.05) is 42.2 Å². The van der Waals surface area contributed by atoms with Gasteiger partial charge >= 0.3 is 0 Å². The molecule has 6 nitrogen and oxygen atoms in total. The van der Waals surface area contributed by atoms with Crippen LogP contribution in [0.15, 0.2) is 42.5 Å². The number of carbonyl (C=O) groups excluding carboxylic acids is 1. The molecular weight excluding hydrogens is 420 g/mol. The molecular formula is C25H32N4O2S. The zero-order valence-corrected chi connectivity index (χ0v) is 19.7. The molecule has 0 aromatic heterocycles. The first kappa shape index (κ1) is 22.6. The lowest BCUT2D eigenvalue weighted by Crippen LogP contribution is -2.35. The molecule has 7 heteroatoms. The smallest absolute Gasteiger partial charge is 0.227 e. The first-order chi connectivity index (χ1) is 15.5. The Bertz CT molecular complexity index is 955. The number of likely N-dealkylation sites (tertiary alicyclic amines) is 1. The second-order valence-corrected chi connectivity index (χ2v) is 9.13. The van der Waals surface area contributed by atoms with E-state index in [0.29, 0.717) is 24.2 Å². The largest absolute Gasteiger partial charge is 0.490 e. The minimum Gasteiger partial charge on any atom is -0.490 e. The lowest BCUT2D eigenvalue weighted by Gasteiger charge is -2.29. The molecule has 2 aromatic rings. The maximum Gasteiger partial charge on any atom is 0.227 e. The van der Waals surface area contributed by atoms with Crippen molar-refractivity contribution in [1.82, 2.24) is 10.2 Å². The molecule has 0 atom stereocenters. The molecule has 2 saturated heterocycles. The molecule has 2 aliphatic heterocycles. The van der Waals surface area contributed by atoms with Crippen LogP contribution in [0.2, 0.25) is 0 Å². The molecule has 170 valence electrons. The normalized spacial score (nSPS) is 17.4. The fraction of sp³-hybridized carbons (Fsp3) is 0.440. The molecule has 0 aliphatic carbocycles. The highest BCUT2D eigenvalue weighted by Gasteiger charge is 2.23. The predicted octanol–water partition coefficient (Wildman–Crippen LogP) is 4.08. The van der Waals surface area contributed by atoms with E-state index >= 15 is 0 Å². The van der Waals surface area contributed by atoms with E-state index in [0.717, 1.165) is 67.1 Å². The van der Waals surface area contributed by atoms with Crippen LogP contribution in [0.1, 0.15) is 36.8 Å². The van der Waals surface area contributed by atoms with Crippen LogP contribution in [-0.2, 0) is 11.3 Å². The van der Waals surface area contributed by atoms with Crippen LogP contribution >= 0.6 is 12.2 Å². The molecule has 32 heavy (non-hydrogen) atoms. The standard InChI is InChI=1S/C25H32N4O2S/c1-18-16-20(7-10-23(18)29-13-3-4-24(29)30)27-25(32)26-17-19-5-8-21(9-6-19)31-22-11-14-28(2)15-12-22/h5-10,16,22H,3-4,11-15,17H2,1-2H3,(H2,26,27,32). The maximum absolute atomic E-state index is 12.0. The van der Waals surface area contributed by atoms with E-state index in [4.69, 9.17) is 17.0 Å². The number of anilines is 2. The molecule has 0 bridgehead atoms. The fourth-order valence-electron chi connectivity index (χ4n) is 4.28. The minimum absolute atomic E-state index is 0.203. The lowest BCUT2D eigenvalue weighted by molar-refractivity contribution is -0.117. The molecule has 0 spiro atoms. The zero-order chi connectivity index (χ0) is 22.5. The average Bonchev–Trinajstić information content (AvgIpc) is 3.20. The summed E-state index contributed by atoms with van der Waals surface area (Å²) in [7, 11) is 2.16. The van der Waals surface area contributed by atoms with Gasteiger partial charge in [-0.25, -0.2) is 0 Å². The number of nitrogens with one attached hydrogen (secondary N) is 2. The van der Waals surface area contributed by atoms with Gasteiger partial charge in [0.15, 0.2) is 5.11 Å². The molecule has 2 N–H and O–H groups in total. The van der Waals surface area contributed by atoms with E-state index in [-0.39, 0.29) is 5.91 Å². The highest BCUT2D eigenvalue weighted by Crippen LogP contribution is 2.27. The number of hydrogen-bond donors (Lipinski definition) is 2. The molecule has 0 saturated carbocycles. The number of benzene rings is 2. The van der Waals surface area contributed by atoms with Gasteiger partial charge in [0.1, 0.15) is 11.9 Å². The third-order valence-electron chi connectivity index (χ3n) is 6.16. The van der Waals surface area contributed by atoms with Gasteiger partial charge in [0.25, 0.3) is 0 Å². The minimum atomic E-state index is 0.203. The summed E-state index contributed by atoms with van der Waals surface area (Å²) in [5.41, 5.74) is 4.11. The van der Waals surface area contributed by atoms with Crippen LogP contribution in [0, 0.1) is 6.92 Å². The van der Waals surface area contributed by atoms with Crippen LogP contribution in [0.3, 0.4) is 0 Å². The maximum atomic E-state index is 12.0. The number of thiocarbonyl (C=S) groups is 1. The second-order valence-electron chi connectivity index (χ2n) is 8.72. The van der Waals surface area contributed by atoms with Gasteiger partial charge in [0, 0.05) is 44.0 Å². The quantitative estimate of drug-likeness (QED) is 0.644. The topological polar surface area (TPSA) is 56.8 Å². The zero-order valence-electron chi connectivity index (χ0n) is 18.9. The molecule has 4 rings (SSSR count). The summed E-state index contributed by atoms with van der Waals surface area (Å²) in [6, 6.07) is 14.2. The fourth-order valence-corrected chi connectivity index (χ4v) is 4.47. The van der Waals surface area contributed by atoms with Crippen molar-refractivity contribution < 1.29 is 9.53 Å². The molecule has 2 fully saturated rings. The number of amides is 1. The third kappa shape index (κ3) is 5.78. The van der Waals surface area contributed by atoms with Gasteiger partial charge in [-0.2, -0.15) is 0 Å². The van der Waals surface area contributed by atoms with Gasteiger partial charge in [-0.1, -0.05) is 12.1 Å². The summed E-state index contributed by atoms with van der Waals surface area (Å²) in [4.78, 5) is 16.2. The molecule has 1 amide bonds. The number of carbonyl (C=O) groups is 1. The highest BCUT2D eigenvalue weighted by molar-refractivity contribution is 7.80.